The number of nitrogens with zero attached hydrogens (tertiary/aromatic N) is 1. The molecule has 120 valence electrons. The molecule has 6 heteroatoms. The van der Waals surface area contributed by atoms with Crippen LogP contribution in [0.3, 0.4) is 0 Å². The maximum atomic E-state index is 12.4. The summed E-state index contributed by atoms with van der Waals surface area (Å²) in [5, 5.41) is 4.90. The molecule has 1 aliphatic rings. The smallest absolute Gasteiger partial charge is 0.285 e. The van der Waals surface area contributed by atoms with Crippen molar-refractivity contribution in [2.75, 3.05) is 19.4 Å². The van der Waals surface area contributed by atoms with Gasteiger partial charge in [-0.15, -0.1) is 11.3 Å². The first-order valence-electron chi connectivity index (χ1n) is 7.42. The number of thiophene rings is 1. The molecule has 1 aromatic heterocycles. The highest BCUT2D eigenvalue weighted by atomic mass is 32.2. The average molecular weight is 346 g/mol. The first-order valence-corrected chi connectivity index (χ1v) is 9.12. The zero-order chi connectivity index (χ0) is 16.4. The van der Waals surface area contributed by atoms with Crippen molar-refractivity contribution in [3.05, 3.63) is 46.2 Å². The van der Waals surface area contributed by atoms with E-state index in [4.69, 9.17) is 0 Å². The third kappa shape index (κ3) is 3.95. The fourth-order valence-electron chi connectivity index (χ4n) is 2.21. The first-order chi connectivity index (χ1) is 11.0. The predicted molar refractivity (Wildman–Crippen MR) is 95.6 cm³/mol. The summed E-state index contributed by atoms with van der Waals surface area (Å²) in [4.78, 5) is 27.3. The van der Waals surface area contributed by atoms with E-state index in [0.717, 1.165) is 15.5 Å². The molecule has 23 heavy (non-hydrogen) atoms. The van der Waals surface area contributed by atoms with Gasteiger partial charge in [0.25, 0.3) is 11.1 Å². The number of hydrogen-bond acceptors (Lipinski definition) is 4. The standard InChI is InChI=1S/C17H18N2O2S2/c1-19(2)17(21)23-13-7-5-12(6-8-13)18-16(20)15-14(9-10-22-15)11-3-4-11/h5-11H,3-4H2,1-2H3,(H,18,20). The monoisotopic (exact) mass is 346 g/mol. The lowest BCUT2D eigenvalue weighted by Gasteiger charge is -2.10. The van der Waals surface area contributed by atoms with E-state index in [9.17, 15) is 9.59 Å². The summed E-state index contributed by atoms with van der Waals surface area (Å²) >= 11 is 2.66. The van der Waals surface area contributed by atoms with E-state index in [1.807, 2.05) is 29.6 Å². The Hall–Kier alpha value is -1.79. The van der Waals surface area contributed by atoms with Crippen LogP contribution in [0.4, 0.5) is 10.5 Å². The topological polar surface area (TPSA) is 49.4 Å². The zero-order valence-electron chi connectivity index (χ0n) is 13.0. The molecule has 1 heterocycles. The maximum absolute atomic E-state index is 12.4. The van der Waals surface area contributed by atoms with Crippen LogP contribution in [-0.2, 0) is 0 Å². The quantitative estimate of drug-likeness (QED) is 0.820. The number of thioether (sulfide) groups is 1. The van der Waals surface area contributed by atoms with Crippen LogP contribution in [0.25, 0.3) is 0 Å². The van der Waals surface area contributed by atoms with Gasteiger partial charge in [0.15, 0.2) is 0 Å². The van der Waals surface area contributed by atoms with Crippen molar-refractivity contribution < 1.29 is 9.59 Å². The second-order valence-electron chi connectivity index (χ2n) is 5.72. The number of carbonyl (C=O) groups is 2. The Balaban J connectivity index is 1.65. The van der Waals surface area contributed by atoms with E-state index in [-0.39, 0.29) is 11.1 Å². The number of carbonyl (C=O) groups excluding carboxylic acids is 2. The molecule has 1 N–H and O–H groups in total. The zero-order valence-corrected chi connectivity index (χ0v) is 14.7. The van der Waals surface area contributed by atoms with Gasteiger partial charge in [0.2, 0.25) is 0 Å². The van der Waals surface area contributed by atoms with Gasteiger partial charge in [-0.3, -0.25) is 9.59 Å². The van der Waals surface area contributed by atoms with E-state index in [2.05, 4.69) is 11.4 Å². The lowest BCUT2D eigenvalue weighted by molar-refractivity contribution is 0.102. The second kappa shape index (κ2) is 6.76. The van der Waals surface area contributed by atoms with E-state index < -0.39 is 0 Å². The van der Waals surface area contributed by atoms with Crippen molar-refractivity contribution in [3.63, 3.8) is 0 Å². The lowest BCUT2D eigenvalue weighted by atomic mass is 10.1. The minimum Gasteiger partial charge on any atom is -0.339 e. The van der Waals surface area contributed by atoms with Gasteiger partial charge in [-0.2, -0.15) is 0 Å². The molecule has 0 bridgehead atoms. The molecule has 0 atom stereocenters. The third-order valence-corrected chi connectivity index (χ3v) is 5.58. The van der Waals surface area contributed by atoms with Gasteiger partial charge in [-0.05, 0) is 71.8 Å². The third-order valence-electron chi connectivity index (χ3n) is 3.60. The van der Waals surface area contributed by atoms with E-state index in [1.165, 1.54) is 46.4 Å². The fraction of sp³-hybridized carbons (Fsp3) is 0.294. The van der Waals surface area contributed by atoms with Gasteiger partial charge in [0, 0.05) is 24.7 Å². The molecule has 0 unspecified atom stereocenters. The molecule has 2 aromatic rings. The Bertz CT molecular complexity index is 718. The largest absolute Gasteiger partial charge is 0.339 e. The van der Waals surface area contributed by atoms with Crippen LogP contribution in [-0.4, -0.2) is 30.1 Å². The SMILES string of the molecule is CN(C)C(=O)Sc1ccc(NC(=O)c2sccc2C2CC2)cc1. The highest BCUT2D eigenvalue weighted by Crippen LogP contribution is 2.43. The minimum absolute atomic E-state index is 0.0190. The highest BCUT2D eigenvalue weighted by Gasteiger charge is 2.28. The molecule has 4 nitrogen and oxygen atoms in total. The normalized spacial score (nSPS) is 13.7. The van der Waals surface area contributed by atoms with Crippen molar-refractivity contribution in [1.29, 1.82) is 0 Å². The highest BCUT2D eigenvalue weighted by molar-refractivity contribution is 8.13. The summed E-state index contributed by atoms with van der Waals surface area (Å²) < 4.78 is 0. The summed E-state index contributed by atoms with van der Waals surface area (Å²) in [6.07, 6.45) is 2.37. The van der Waals surface area contributed by atoms with Crippen molar-refractivity contribution >= 4 is 39.9 Å². The van der Waals surface area contributed by atoms with Crippen LogP contribution >= 0.6 is 23.1 Å². The summed E-state index contributed by atoms with van der Waals surface area (Å²) in [6.45, 7) is 0. The van der Waals surface area contributed by atoms with Crippen LogP contribution in [0.15, 0.2) is 40.6 Å². The molecule has 2 amide bonds. The molecule has 0 saturated heterocycles. The molecular formula is C17H18N2O2S2. The van der Waals surface area contributed by atoms with E-state index in [1.54, 1.807) is 14.1 Å². The van der Waals surface area contributed by atoms with Gasteiger partial charge >= 0.3 is 0 Å². The summed E-state index contributed by atoms with van der Waals surface area (Å²) in [7, 11) is 3.45. The molecule has 1 aliphatic carbocycles. The number of rotatable bonds is 4. The van der Waals surface area contributed by atoms with Gasteiger partial charge in [-0.1, -0.05) is 0 Å². The molecular weight excluding hydrogens is 328 g/mol. The number of nitrogens with one attached hydrogen (secondary N) is 1. The number of anilines is 1. The Morgan fingerprint density at radius 1 is 1.17 bits per heavy atom. The fourth-order valence-corrected chi connectivity index (χ4v) is 3.74. The molecule has 1 saturated carbocycles. The van der Waals surface area contributed by atoms with Crippen molar-refractivity contribution in [2.45, 2.75) is 23.7 Å². The lowest BCUT2D eigenvalue weighted by Crippen LogP contribution is -2.16. The molecule has 1 aromatic carbocycles. The van der Waals surface area contributed by atoms with Crippen LogP contribution in [0.2, 0.25) is 0 Å². The van der Waals surface area contributed by atoms with E-state index in [0.29, 0.717) is 5.92 Å². The van der Waals surface area contributed by atoms with Gasteiger partial charge in [-0.25, -0.2) is 0 Å². The van der Waals surface area contributed by atoms with Crippen LogP contribution in [0.5, 0.6) is 0 Å². The Morgan fingerprint density at radius 2 is 1.87 bits per heavy atom. The van der Waals surface area contributed by atoms with Crippen LogP contribution in [0, 0.1) is 0 Å². The molecule has 3 rings (SSSR count). The number of benzene rings is 1. The summed E-state index contributed by atoms with van der Waals surface area (Å²) in [6, 6.07) is 9.40. The predicted octanol–water partition coefficient (Wildman–Crippen LogP) is 4.65. The van der Waals surface area contributed by atoms with Crippen molar-refractivity contribution in [3.8, 4) is 0 Å². The van der Waals surface area contributed by atoms with Crippen molar-refractivity contribution in [1.82, 2.24) is 4.90 Å². The Kier molecular flexibility index (Phi) is 4.73. The minimum atomic E-state index is -0.0494. The maximum Gasteiger partial charge on any atom is 0.285 e. The summed E-state index contributed by atoms with van der Waals surface area (Å²) in [5.74, 6) is 0.518. The van der Waals surface area contributed by atoms with E-state index >= 15 is 0 Å². The molecule has 0 aliphatic heterocycles. The number of amides is 2. The Labute approximate surface area is 143 Å². The first kappa shape index (κ1) is 16.1. The van der Waals surface area contributed by atoms with Gasteiger partial charge in [0.1, 0.15) is 0 Å². The molecule has 1 fully saturated rings. The van der Waals surface area contributed by atoms with Gasteiger partial charge < -0.3 is 10.2 Å². The van der Waals surface area contributed by atoms with Crippen LogP contribution < -0.4 is 5.32 Å². The summed E-state index contributed by atoms with van der Waals surface area (Å²) in [5.41, 5.74) is 1.92. The van der Waals surface area contributed by atoms with Crippen molar-refractivity contribution in [2.24, 2.45) is 0 Å². The molecule has 0 radical (unpaired) electrons. The molecule has 0 spiro atoms. The van der Waals surface area contributed by atoms with Gasteiger partial charge in [0.05, 0.1) is 4.88 Å². The Morgan fingerprint density at radius 3 is 2.48 bits per heavy atom. The van der Waals surface area contributed by atoms with Crippen LogP contribution in [0.1, 0.15) is 34.0 Å². The number of hydrogen-bond donors (Lipinski definition) is 1. The second-order valence-corrected chi connectivity index (χ2v) is 7.66. The average Bonchev–Trinajstić information content (AvgIpc) is 3.25.